The van der Waals surface area contributed by atoms with Crippen LogP contribution in [0.5, 0.6) is 0 Å². The molecule has 9 nitrogen and oxygen atoms in total. The molecule has 2 bridgehead atoms. The van der Waals surface area contributed by atoms with E-state index < -0.39 is 36.2 Å². The number of halogens is 3. The summed E-state index contributed by atoms with van der Waals surface area (Å²) in [4.78, 5) is 64.0. The highest BCUT2D eigenvalue weighted by molar-refractivity contribution is 6.32. The van der Waals surface area contributed by atoms with Crippen molar-refractivity contribution in [3.05, 3.63) is 64.7 Å². The molecule has 2 aromatic carbocycles. The Labute approximate surface area is 226 Å². The molecular formula is C25H20Cl3N3O6. The second kappa shape index (κ2) is 9.96. The number of nitrogens with zero attached hydrogens (tertiary/aromatic N) is 1. The number of nitrogens with one attached hydrogen (secondary N) is 2. The Kier molecular flexibility index (Phi) is 6.87. The summed E-state index contributed by atoms with van der Waals surface area (Å²) in [6.07, 6.45) is 0.650. The van der Waals surface area contributed by atoms with Crippen LogP contribution in [0, 0.1) is 23.7 Å². The van der Waals surface area contributed by atoms with Crippen LogP contribution in [-0.2, 0) is 19.1 Å². The quantitative estimate of drug-likeness (QED) is 0.249. The molecule has 192 valence electrons. The highest BCUT2D eigenvalue weighted by Gasteiger charge is 2.66. The molecular weight excluding hydrogens is 545 g/mol. The molecule has 3 fully saturated rings. The fourth-order valence-corrected chi connectivity index (χ4v) is 6.44. The fraction of sp³-hybridized carbons (Fsp3) is 0.320. The molecule has 0 aromatic heterocycles. The molecule has 3 aliphatic rings. The van der Waals surface area contributed by atoms with E-state index in [-0.39, 0.29) is 51.2 Å². The summed E-state index contributed by atoms with van der Waals surface area (Å²) in [7, 11) is 0. The predicted molar refractivity (Wildman–Crippen MR) is 134 cm³/mol. The Morgan fingerprint density at radius 1 is 0.892 bits per heavy atom. The van der Waals surface area contributed by atoms with E-state index in [1.54, 1.807) is 6.07 Å². The van der Waals surface area contributed by atoms with Crippen LogP contribution in [0.4, 0.5) is 5.69 Å². The van der Waals surface area contributed by atoms with Gasteiger partial charge in [0.1, 0.15) is 0 Å². The second-order valence-electron chi connectivity index (χ2n) is 9.15. The standard InChI is InChI=1S/C25H20Cl3N3O6/c26-13-6-4-11(5-7-13)22(33)30-29-17(32)10-37-25(36)12-2-1-3-14(8-12)31-23(34)18-15-9-16(19(18)24(31)35)21(28)20(15)27/h1-8,15-16,18-21H,9-10H2,(H,29,32)(H,30,33)/t15-,16-,18-,19-,20-,21+/m1/s1. The van der Waals surface area contributed by atoms with Crippen LogP contribution in [0.2, 0.25) is 5.02 Å². The molecule has 1 aliphatic heterocycles. The summed E-state index contributed by atoms with van der Waals surface area (Å²) in [6.45, 7) is -0.673. The number of hydrazine groups is 1. The molecule has 0 spiro atoms. The lowest BCUT2D eigenvalue weighted by atomic mass is 9.80. The van der Waals surface area contributed by atoms with E-state index in [1.807, 2.05) is 0 Å². The first-order chi connectivity index (χ1) is 17.7. The van der Waals surface area contributed by atoms with Crippen LogP contribution in [0.1, 0.15) is 27.1 Å². The molecule has 0 unspecified atom stereocenters. The Morgan fingerprint density at radius 2 is 1.51 bits per heavy atom. The molecule has 5 rings (SSSR count). The third kappa shape index (κ3) is 4.56. The smallest absolute Gasteiger partial charge is 0.338 e. The molecule has 1 heterocycles. The van der Waals surface area contributed by atoms with Crippen LogP contribution in [0.25, 0.3) is 0 Å². The Bertz CT molecular complexity index is 1270. The first kappa shape index (κ1) is 25.5. The van der Waals surface area contributed by atoms with Gasteiger partial charge in [0.05, 0.1) is 33.8 Å². The number of carbonyl (C=O) groups is 5. The number of ether oxygens (including phenoxy) is 1. The Balaban J connectivity index is 1.19. The molecule has 12 heteroatoms. The topological polar surface area (TPSA) is 122 Å². The third-order valence-electron chi connectivity index (χ3n) is 7.08. The van der Waals surface area contributed by atoms with Gasteiger partial charge in [0.25, 0.3) is 11.8 Å². The number of amides is 4. The van der Waals surface area contributed by atoms with Crippen molar-refractivity contribution in [3.63, 3.8) is 0 Å². The van der Waals surface area contributed by atoms with Gasteiger partial charge in [-0.15, -0.1) is 23.2 Å². The van der Waals surface area contributed by atoms with E-state index >= 15 is 0 Å². The van der Waals surface area contributed by atoms with Gasteiger partial charge in [0.15, 0.2) is 6.61 Å². The van der Waals surface area contributed by atoms with Crippen molar-refractivity contribution in [2.75, 3.05) is 11.5 Å². The van der Waals surface area contributed by atoms with Gasteiger partial charge in [-0.05, 0) is 60.7 Å². The summed E-state index contributed by atoms with van der Waals surface area (Å²) in [5.74, 6) is -4.25. The van der Waals surface area contributed by atoms with Crippen LogP contribution in [-0.4, -0.2) is 47.0 Å². The highest BCUT2D eigenvalue weighted by Crippen LogP contribution is 2.59. The predicted octanol–water partition coefficient (Wildman–Crippen LogP) is 2.93. The van der Waals surface area contributed by atoms with Gasteiger partial charge < -0.3 is 4.74 Å². The van der Waals surface area contributed by atoms with Crippen LogP contribution >= 0.6 is 34.8 Å². The van der Waals surface area contributed by atoms with Crippen LogP contribution < -0.4 is 15.8 Å². The molecule has 1 saturated heterocycles. The zero-order chi connectivity index (χ0) is 26.4. The highest BCUT2D eigenvalue weighted by atomic mass is 35.5. The van der Waals surface area contributed by atoms with E-state index in [1.165, 1.54) is 42.5 Å². The van der Waals surface area contributed by atoms with E-state index in [0.717, 1.165) is 4.90 Å². The van der Waals surface area contributed by atoms with E-state index in [9.17, 15) is 24.0 Å². The van der Waals surface area contributed by atoms with Gasteiger partial charge in [-0.1, -0.05) is 17.7 Å². The lowest BCUT2D eigenvalue weighted by Crippen LogP contribution is -2.43. The van der Waals surface area contributed by atoms with Crippen molar-refractivity contribution in [2.45, 2.75) is 17.2 Å². The summed E-state index contributed by atoms with van der Waals surface area (Å²) in [5, 5.41) is -0.279. The second-order valence-corrected chi connectivity index (χ2v) is 10.6. The molecule has 37 heavy (non-hydrogen) atoms. The molecule has 0 radical (unpaired) electrons. The van der Waals surface area contributed by atoms with Crippen LogP contribution in [0.15, 0.2) is 48.5 Å². The zero-order valence-electron chi connectivity index (χ0n) is 19.0. The number of anilines is 1. The normalized spacial score (nSPS) is 27.7. The molecule has 2 saturated carbocycles. The number of fused-ring (bicyclic) bond motifs is 5. The van der Waals surface area contributed by atoms with Gasteiger partial charge in [0.2, 0.25) is 11.8 Å². The van der Waals surface area contributed by atoms with Crippen molar-refractivity contribution in [2.24, 2.45) is 23.7 Å². The van der Waals surface area contributed by atoms with E-state index in [2.05, 4.69) is 10.9 Å². The fourth-order valence-electron chi connectivity index (χ4n) is 5.43. The lowest BCUT2D eigenvalue weighted by molar-refractivity contribution is -0.125. The SMILES string of the molecule is O=C(COC(=O)c1cccc(N2C(=O)[C@@H]3[C@H]4C[C@@H]([C@@H](Cl)[C@H]4Cl)[C@H]3C2=O)c1)NNC(=O)c1ccc(Cl)cc1. The lowest BCUT2D eigenvalue weighted by Gasteiger charge is -2.28. The maximum Gasteiger partial charge on any atom is 0.338 e. The van der Waals surface area contributed by atoms with Crippen molar-refractivity contribution in [1.29, 1.82) is 0 Å². The number of alkyl halides is 2. The largest absolute Gasteiger partial charge is 0.452 e. The Hall–Kier alpha value is -3.14. The average molecular weight is 565 g/mol. The first-order valence-electron chi connectivity index (χ1n) is 11.4. The summed E-state index contributed by atoms with van der Waals surface area (Å²) < 4.78 is 5.02. The number of hydrogen-bond donors (Lipinski definition) is 2. The number of esters is 1. The number of rotatable bonds is 5. The van der Waals surface area contributed by atoms with Crippen molar-refractivity contribution < 1.29 is 28.7 Å². The molecule has 6 atom stereocenters. The van der Waals surface area contributed by atoms with Gasteiger partial charge in [-0.3, -0.25) is 34.9 Å². The van der Waals surface area contributed by atoms with E-state index in [0.29, 0.717) is 11.4 Å². The molecule has 4 amide bonds. The number of benzene rings is 2. The number of carbonyl (C=O) groups excluding carboxylic acids is 5. The maximum absolute atomic E-state index is 13.2. The summed E-state index contributed by atoms with van der Waals surface area (Å²) >= 11 is 18.6. The Morgan fingerprint density at radius 3 is 2.14 bits per heavy atom. The molecule has 2 aromatic rings. The van der Waals surface area contributed by atoms with Crippen molar-refractivity contribution in [1.82, 2.24) is 10.9 Å². The molecule has 2 N–H and O–H groups in total. The van der Waals surface area contributed by atoms with Gasteiger partial charge in [-0.2, -0.15) is 0 Å². The first-order valence-corrected chi connectivity index (χ1v) is 12.7. The van der Waals surface area contributed by atoms with Gasteiger partial charge in [-0.25, -0.2) is 4.79 Å². The number of hydrogen-bond acceptors (Lipinski definition) is 6. The van der Waals surface area contributed by atoms with E-state index in [4.69, 9.17) is 39.5 Å². The van der Waals surface area contributed by atoms with Crippen molar-refractivity contribution in [3.8, 4) is 0 Å². The minimum Gasteiger partial charge on any atom is -0.452 e. The minimum absolute atomic E-state index is 0.0431. The molecule has 2 aliphatic carbocycles. The monoisotopic (exact) mass is 563 g/mol. The van der Waals surface area contributed by atoms with Crippen LogP contribution in [0.3, 0.4) is 0 Å². The summed E-state index contributed by atoms with van der Waals surface area (Å²) in [6, 6.07) is 11.9. The zero-order valence-corrected chi connectivity index (χ0v) is 21.3. The maximum atomic E-state index is 13.2. The average Bonchev–Trinajstić information content (AvgIpc) is 3.51. The van der Waals surface area contributed by atoms with Gasteiger partial charge in [0, 0.05) is 10.6 Å². The van der Waals surface area contributed by atoms with Gasteiger partial charge >= 0.3 is 5.97 Å². The van der Waals surface area contributed by atoms with Crippen molar-refractivity contribution >= 4 is 70.1 Å². The number of imide groups is 1. The summed E-state index contributed by atoms with van der Waals surface area (Å²) in [5.41, 5.74) is 4.89. The third-order valence-corrected chi connectivity index (χ3v) is 8.65. The minimum atomic E-state index is -0.845.